The summed E-state index contributed by atoms with van der Waals surface area (Å²) in [6.07, 6.45) is 5.37. The molecule has 3 heteroatoms. The van der Waals surface area contributed by atoms with Crippen molar-refractivity contribution in [3.63, 3.8) is 0 Å². The van der Waals surface area contributed by atoms with E-state index < -0.39 is 0 Å². The minimum atomic E-state index is -0.322. The van der Waals surface area contributed by atoms with Gasteiger partial charge < -0.3 is 10.3 Å². The van der Waals surface area contributed by atoms with E-state index in [-0.39, 0.29) is 5.91 Å². The second kappa shape index (κ2) is 4.84. The Morgan fingerprint density at radius 3 is 2.71 bits per heavy atom. The summed E-state index contributed by atoms with van der Waals surface area (Å²) in [5.41, 5.74) is 7.06. The Hall–Kier alpha value is -1.25. The Morgan fingerprint density at radius 2 is 2.14 bits per heavy atom. The molecular formula is C11H18N2O. The molecular weight excluding hydrogens is 176 g/mol. The molecule has 0 aromatic carbocycles. The number of hydrogen-bond donors (Lipinski definition) is 1. The van der Waals surface area contributed by atoms with Gasteiger partial charge in [-0.15, -0.1) is 0 Å². The van der Waals surface area contributed by atoms with Gasteiger partial charge in [0, 0.05) is 18.4 Å². The monoisotopic (exact) mass is 194 g/mol. The molecule has 0 saturated carbocycles. The molecule has 14 heavy (non-hydrogen) atoms. The van der Waals surface area contributed by atoms with Crippen LogP contribution in [0.15, 0.2) is 12.3 Å². The highest BCUT2D eigenvalue weighted by Crippen LogP contribution is 2.17. The van der Waals surface area contributed by atoms with Gasteiger partial charge in [0.15, 0.2) is 0 Å². The highest BCUT2D eigenvalue weighted by molar-refractivity contribution is 5.92. The van der Waals surface area contributed by atoms with Crippen LogP contribution in [0.2, 0.25) is 0 Å². The first kappa shape index (κ1) is 10.8. The van der Waals surface area contributed by atoms with Crippen molar-refractivity contribution in [2.24, 2.45) is 5.73 Å². The smallest absolute Gasteiger partial charge is 0.250 e. The maximum absolute atomic E-state index is 10.8. The number of fused-ring (bicyclic) bond motifs is 1. The number of aromatic nitrogens is 1. The number of carbonyl (C=O) groups excluding carboxylic acids is 1. The van der Waals surface area contributed by atoms with Crippen molar-refractivity contribution in [3.05, 3.63) is 23.5 Å². The molecule has 0 radical (unpaired) electrons. The molecule has 78 valence electrons. The zero-order chi connectivity index (χ0) is 10.6. The van der Waals surface area contributed by atoms with Crippen LogP contribution in [0.1, 0.15) is 42.7 Å². The summed E-state index contributed by atoms with van der Waals surface area (Å²) < 4.78 is 2.13. The molecule has 1 aromatic rings. The number of aryl methyl sites for hydroxylation is 2. The van der Waals surface area contributed by atoms with Gasteiger partial charge in [-0.3, -0.25) is 4.79 Å². The fourth-order valence-electron chi connectivity index (χ4n) is 1.70. The number of nitrogens with zero attached hydrogens (tertiary/aromatic N) is 1. The van der Waals surface area contributed by atoms with E-state index in [9.17, 15) is 4.79 Å². The van der Waals surface area contributed by atoms with Gasteiger partial charge in [0.25, 0.3) is 0 Å². The lowest BCUT2D eigenvalue weighted by atomic mass is 10.1. The van der Waals surface area contributed by atoms with Gasteiger partial charge in [0.2, 0.25) is 5.91 Å². The third kappa shape index (κ3) is 2.16. The van der Waals surface area contributed by atoms with Crippen LogP contribution >= 0.6 is 0 Å². The Kier molecular flexibility index (Phi) is 3.74. The summed E-state index contributed by atoms with van der Waals surface area (Å²) in [4.78, 5) is 10.8. The van der Waals surface area contributed by atoms with Crippen LogP contribution in [0.5, 0.6) is 0 Å². The minimum absolute atomic E-state index is 0.322. The van der Waals surface area contributed by atoms with Gasteiger partial charge in [-0.05, 0) is 25.3 Å². The van der Waals surface area contributed by atoms with E-state index in [1.165, 1.54) is 18.5 Å². The minimum Gasteiger partial charge on any atom is -0.366 e. The van der Waals surface area contributed by atoms with Gasteiger partial charge in [-0.2, -0.15) is 0 Å². The summed E-state index contributed by atoms with van der Waals surface area (Å²) in [7, 11) is 0. The summed E-state index contributed by atoms with van der Waals surface area (Å²) in [6.45, 7) is 5.03. The van der Waals surface area contributed by atoms with Crippen molar-refractivity contribution in [1.29, 1.82) is 0 Å². The van der Waals surface area contributed by atoms with Crippen LogP contribution in [-0.4, -0.2) is 10.5 Å². The number of nitrogens with two attached hydrogens (primary N) is 1. The van der Waals surface area contributed by atoms with E-state index in [4.69, 9.17) is 5.73 Å². The fraction of sp³-hybridized carbons (Fsp3) is 0.545. The SMILES string of the molecule is CC.NC(=O)c1cc2n(c1)CCCC2. The number of hydrogen-bond acceptors (Lipinski definition) is 1. The van der Waals surface area contributed by atoms with Crippen molar-refractivity contribution in [1.82, 2.24) is 4.57 Å². The third-order valence-electron chi connectivity index (χ3n) is 2.35. The summed E-state index contributed by atoms with van der Waals surface area (Å²) >= 11 is 0. The molecule has 2 N–H and O–H groups in total. The number of carbonyl (C=O) groups is 1. The van der Waals surface area contributed by atoms with Crippen LogP contribution in [0.25, 0.3) is 0 Å². The normalized spacial score (nSPS) is 13.9. The van der Waals surface area contributed by atoms with Crippen molar-refractivity contribution < 1.29 is 4.79 Å². The van der Waals surface area contributed by atoms with Gasteiger partial charge in [-0.1, -0.05) is 13.8 Å². The van der Waals surface area contributed by atoms with Crippen LogP contribution in [0, 0.1) is 0 Å². The second-order valence-corrected chi connectivity index (χ2v) is 3.23. The average molecular weight is 194 g/mol. The highest BCUT2D eigenvalue weighted by Gasteiger charge is 2.12. The summed E-state index contributed by atoms with van der Waals surface area (Å²) in [6, 6.07) is 1.90. The number of rotatable bonds is 1. The highest BCUT2D eigenvalue weighted by atomic mass is 16.1. The molecule has 0 unspecified atom stereocenters. The van der Waals surface area contributed by atoms with E-state index in [1.807, 2.05) is 26.1 Å². The quantitative estimate of drug-likeness (QED) is 0.729. The lowest BCUT2D eigenvalue weighted by Crippen LogP contribution is -2.10. The molecule has 2 rings (SSSR count). The van der Waals surface area contributed by atoms with E-state index in [0.29, 0.717) is 5.56 Å². The third-order valence-corrected chi connectivity index (χ3v) is 2.35. The molecule has 2 heterocycles. The fourth-order valence-corrected chi connectivity index (χ4v) is 1.70. The van der Waals surface area contributed by atoms with Gasteiger partial charge in [-0.25, -0.2) is 0 Å². The largest absolute Gasteiger partial charge is 0.366 e. The molecule has 1 aliphatic heterocycles. The molecule has 1 amide bonds. The Balaban J connectivity index is 0.000000461. The van der Waals surface area contributed by atoms with E-state index >= 15 is 0 Å². The zero-order valence-electron chi connectivity index (χ0n) is 8.92. The molecule has 0 aliphatic carbocycles. The van der Waals surface area contributed by atoms with Crippen molar-refractivity contribution in [3.8, 4) is 0 Å². The molecule has 0 bridgehead atoms. The molecule has 0 spiro atoms. The molecule has 1 aliphatic rings. The van der Waals surface area contributed by atoms with E-state index in [1.54, 1.807) is 0 Å². The molecule has 0 saturated heterocycles. The van der Waals surface area contributed by atoms with Crippen LogP contribution in [0.4, 0.5) is 0 Å². The Morgan fingerprint density at radius 1 is 1.43 bits per heavy atom. The topological polar surface area (TPSA) is 48.0 Å². The maximum Gasteiger partial charge on any atom is 0.250 e. The van der Waals surface area contributed by atoms with Crippen LogP contribution in [0.3, 0.4) is 0 Å². The zero-order valence-corrected chi connectivity index (χ0v) is 8.92. The van der Waals surface area contributed by atoms with Crippen molar-refractivity contribution in [2.75, 3.05) is 0 Å². The predicted octanol–water partition coefficient (Wildman–Crippen LogP) is 1.95. The molecule has 1 aromatic heterocycles. The van der Waals surface area contributed by atoms with Gasteiger partial charge in [0.05, 0.1) is 5.56 Å². The molecule has 3 nitrogen and oxygen atoms in total. The number of primary amides is 1. The lowest BCUT2D eigenvalue weighted by Gasteiger charge is -2.13. The first-order chi connectivity index (χ1) is 6.77. The maximum atomic E-state index is 10.8. The van der Waals surface area contributed by atoms with E-state index in [2.05, 4.69) is 4.57 Å². The van der Waals surface area contributed by atoms with E-state index in [0.717, 1.165) is 13.0 Å². The summed E-state index contributed by atoms with van der Waals surface area (Å²) in [5, 5.41) is 0. The van der Waals surface area contributed by atoms with Crippen LogP contribution in [-0.2, 0) is 13.0 Å². The first-order valence-corrected chi connectivity index (χ1v) is 5.26. The average Bonchev–Trinajstić information content (AvgIpc) is 2.64. The van der Waals surface area contributed by atoms with Crippen LogP contribution < -0.4 is 5.73 Å². The summed E-state index contributed by atoms with van der Waals surface area (Å²) in [5.74, 6) is -0.322. The Bertz CT molecular complexity index is 292. The lowest BCUT2D eigenvalue weighted by molar-refractivity contribution is 0.100. The van der Waals surface area contributed by atoms with Crippen molar-refractivity contribution >= 4 is 5.91 Å². The standard InChI is InChI=1S/C9H12N2O.C2H6/c10-9(12)7-5-8-3-1-2-4-11(8)6-7;1-2/h5-6H,1-4H2,(H2,10,12);1-2H3. The Labute approximate surface area is 84.9 Å². The van der Waals surface area contributed by atoms with Crippen molar-refractivity contribution in [2.45, 2.75) is 39.7 Å². The molecule has 0 atom stereocenters. The van der Waals surface area contributed by atoms with Gasteiger partial charge >= 0.3 is 0 Å². The molecule has 0 fully saturated rings. The second-order valence-electron chi connectivity index (χ2n) is 3.23. The first-order valence-electron chi connectivity index (χ1n) is 5.26. The number of amides is 1. The van der Waals surface area contributed by atoms with Gasteiger partial charge in [0.1, 0.15) is 0 Å². The predicted molar refractivity (Wildman–Crippen MR) is 57.2 cm³/mol.